The van der Waals surface area contributed by atoms with Gasteiger partial charge in [0.05, 0.1) is 12.7 Å². The van der Waals surface area contributed by atoms with E-state index in [-0.39, 0.29) is 36.8 Å². The van der Waals surface area contributed by atoms with Crippen LogP contribution < -0.4 is 10.6 Å². The molecule has 0 bridgehead atoms. The van der Waals surface area contributed by atoms with Crippen molar-refractivity contribution in [3.05, 3.63) is 5.51 Å². The number of hydrogen-bond acceptors (Lipinski definition) is 7. The van der Waals surface area contributed by atoms with E-state index in [0.29, 0.717) is 17.1 Å². The van der Waals surface area contributed by atoms with Gasteiger partial charge >= 0.3 is 0 Å². The summed E-state index contributed by atoms with van der Waals surface area (Å²) in [4.78, 5) is 26.3. The van der Waals surface area contributed by atoms with E-state index in [0.717, 1.165) is 26.1 Å². The van der Waals surface area contributed by atoms with Crippen molar-refractivity contribution < 1.29 is 14.3 Å². The SMILES string of the molecule is CC(C)[C@@H]1CN2C[C@@H](NC(=O)CCC(=O)Nc3nncs3)C[C@H]2CO1. The van der Waals surface area contributed by atoms with Gasteiger partial charge in [-0.15, -0.1) is 10.2 Å². The molecule has 3 rings (SSSR count). The molecule has 0 spiro atoms. The van der Waals surface area contributed by atoms with E-state index >= 15 is 0 Å². The van der Waals surface area contributed by atoms with E-state index in [2.05, 4.69) is 39.6 Å². The molecule has 2 aliphatic heterocycles. The summed E-state index contributed by atoms with van der Waals surface area (Å²) in [6, 6.07) is 0.527. The van der Waals surface area contributed by atoms with Gasteiger partial charge in [-0.1, -0.05) is 25.2 Å². The van der Waals surface area contributed by atoms with Crippen LogP contribution in [0.25, 0.3) is 0 Å². The Labute approximate surface area is 151 Å². The second-order valence-corrected chi connectivity index (χ2v) is 7.85. The second-order valence-electron chi connectivity index (χ2n) is 7.02. The quantitative estimate of drug-likeness (QED) is 0.774. The molecule has 2 amide bonds. The fourth-order valence-corrected chi connectivity index (χ4v) is 3.80. The Bertz CT molecular complexity index is 595. The first-order chi connectivity index (χ1) is 12.0. The molecule has 2 fully saturated rings. The Morgan fingerprint density at radius 3 is 2.88 bits per heavy atom. The van der Waals surface area contributed by atoms with Gasteiger partial charge in [-0.05, 0) is 12.3 Å². The predicted molar refractivity (Wildman–Crippen MR) is 94.3 cm³/mol. The molecular formula is C16H25N5O3S. The lowest BCUT2D eigenvalue weighted by molar-refractivity contribution is -0.124. The molecule has 2 saturated heterocycles. The van der Waals surface area contributed by atoms with Crippen LogP contribution >= 0.6 is 11.3 Å². The summed E-state index contributed by atoms with van der Waals surface area (Å²) >= 11 is 1.25. The number of nitrogens with one attached hydrogen (secondary N) is 2. The fraction of sp³-hybridized carbons (Fsp3) is 0.750. The highest BCUT2D eigenvalue weighted by Crippen LogP contribution is 2.25. The van der Waals surface area contributed by atoms with E-state index in [1.165, 1.54) is 11.3 Å². The summed E-state index contributed by atoms with van der Waals surface area (Å²) < 4.78 is 5.92. The monoisotopic (exact) mass is 367 g/mol. The number of anilines is 1. The van der Waals surface area contributed by atoms with Crippen LogP contribution in [0, 0.1) is 5.92 Å². The van der Waals surface area contributed by atoms with E-state index in [1.54, 1.807) is 5.51 Å². The topological polar surface area (TPSA) is 96.5 Å². The zero-order valence-electron chi connectivity index (χ0n) is 14.6. The maximum atomic E-state index is 12.1. The van der Waals surface area contributed by atoms with Crippen LogP contribution in [0.2, 0.25) is 0 Å². The van der Waals surface area contributed by atoms with Crippen molar-refractivity contribution in [3.63, 3.8) is 0 Å². The molecule has 0 unspecified atom stereocenters. The molecule has 3 heterocycles. The lowest BCUT2D eigenvalue weighted by atomic mass is 10.0. The minimum atomic E-state index is -0.219. The molecule has 138 valence electrons. The van der Waals surface area contributed by atoms with E-state index in [1.807, 2.05) is 0 Å². The molecule has 0 saturated carbocycles. The van der Waals surface area contributed by atoms with Crippen molar-refractivity contribution in [3.8, 4) is 0 Å². The molecule has 1 aromatic rings. The average molecular weight is 367 g/mol. The average Bonchev–Trinajstić information content (AvgIpc) is 3.20. The van der Waals surface area contributed by atoms with Gasteiger partial charge in [-0.25, -0.2) is 0 Å². The second kappa shape index (κ2) is 8.20. The summed E-state index contributed by atoms with van der Waals surface area (Å²) in [5, 5.41) is 13.5. The predicted octanol–water partition coefficient (Wildman–Crippen LogP) is 0.871. The van der Waals surface area contributed by atoms with E-state index < -0.39 is 0 Å². The van der Waals surface area contributed by atoms with Gasteiger partial charge < -0.3 is 15.4 Å². The van der Waals surface area contributed by atoms with Crippen LogP contribution in [0.4, 0.5) is 5.13 Å². The number of morpholine rings is 1. The lowest BCUT2D eigenvalue weighted by Crippen LogP contribution is -2.48. The molecular weight excluding hydrogens is 342 g/mol. The van der Waals surface area contributed by atoms with Gasteiger partial charge in [-0.2, -0.15) is 0 Å². The summed E-state index contributed by atoms with van der Waals surface area (Å²) in [6.45, 7) is 6.87. The Hall–Kier alpha value is -1.58. The summed E-state index contributed by atoms with van der Waals surface area (Å²) in [5.41, 5.74) is 1.55. The molecule has 8 nitrogen and oxygen atoms in total. The highest BCUT2D eigenvalue weighted by molar-refractivity contribution is 7.13. The standard InChI is InChI=1S/C16H25N5O3S/c1-10(2)13-7-21-6-11(5-12(21)8-24-13)18-14(22)3-4-15(23)19-16-20-17-9-25-16/h9-13H,3-8H2,1-2H3,(H,18,22)(H,19,20,23)/t11-,12-,13-/m0/s1. The number of nitrogens with zero attached hydrogens (tertiary/aromatic N) is 3. The van der Waals surface area contributed by atoms with Crippen molar-refractivity contribution in [1.29, 1.82) is 0 Å². The number of fused-ring (bicyclic) bond motifs is 1. The number of amides is 2. The van der Waals surface area contributed by atoms with Crippen molar-refractivity contribution in [2.45, 2.75) is 51.3 Å². The van der Waals surface area contributed by atoms with Crippen molar-refractivity contribution >= 4 is 28.3 Å². The molecule has 25 heavy (non-hydrogen) atoms. The molecule has 0 aliphatic carbocycles. The van der Waals surface area contributed by atoms with Gasteiger partial charge in [0, 0.05) is 38.0 Å². The Morgan fingerprint density at radius 2 is 2.16 bits per heavy atom. The van der Waals surface area contributed by atoms with Crippen LogP contribution in [0.3, 0.4) is 0 Å². The molecule has 2 aliphatic rings. The van der Waals surface area contributed by atoms with Crippen molar-refractivity contribution in [1.82, 2.24) is 20.4 Å². The molecule has 9 heteroatoms. The Balaban J connectivity index is 1.38. The molecule has 0 radical (unpaired) electrons. The fourth-order valence-electron chi connectivity index (χ4n) is 3.34. The maximum Gasteiger partial charge on any atom is 0.226 e. The van der Waals surface area contributed by atoms with E-state index in [4.69, 9.17) is 4.74 Å². The minimum absolute atomic E-state index is 0.0846. The third-order valence-corrected chi connectivity index (χ3v) is 5.35. The molecule has 2 N–H and O–H groups in total. The third kappa shape index (κ3) is 4.96. The summed E-state index contributed by atoms with van der Waals surface area (Å²) in [5.74, 6) is 0.198. The summed E-state index contributed by atoms with van der Waals surface area (Å²) in [6.07, 6.45) is 1.50. The van der Waals surface area contributed by atoms with Gasteiger partial charge in [0.15, 0.2) is 0 Å². The number of aromatic nitrogens is 2. The van der Waals surface area contributed by atoms with Crippen molar-refractivity contribution in [2.24, 2.45) is 5.92 Å². The largest absolute Gasteiger partial charge is 0.375 e. The van der Waals surface area contributed by atoms with Crippen LogP contribution in [0.1, 0.15) is 33.1 Å². The smallest absolute Gasteiger partial charge is 0.226 e. The van der Waals surface area contributed by atoms with Gasteiger partial charge in [0.25, 0.3) is 0 Å². The first-order valence-corrected chi connectivity index (χ1v) is 9.60. The lowest BCUT2D eigenvalue weighted by Gasteiger charge is -2.36. The minimum Gasteiger partial charge on any atom is -0.375 e. The van der Waals surface area contributed by atoms with Gasteiger partial charge in [0.2, 0.25) is 16.9 Å². The maximum absolute atomic E-state index is 12.1. The van der Waals surface area contributed by atoms with Crippen LogP contribution in [-0.4, -0.2) is 64.8 Å². The Morgan fingerprint density at radius 1 is 1.36 bits per heavy atom. The molecule has 1 aromatic heterocycles. The third-order valence-electron chi connectivity index (χ3n) is 4.74. The number of rotatable bonds is 6. The number of hydrogen-bond donors (Lipinski definition) is 2. The van der Waals surface area contributed by atoms with Crippen molar-refractivity contribution in [2.75, 3.05) is 25.0 Å². The molecule has 3 atom stereocenters. The van der Waals surface area contributed by atoms with Crippen LogP contribution in [0.15, 0.2) is 5.51 Å². The highest BCUT2D eigenvalue weighted by Gasteiger charge is 2.38. The van der Waals surface area contributed by atoms with Crippen LogP contribution in [0.5, 0.6) is 0 Å². The zero-order valence-corrected chi connectivity index (χ0v) is 15.4. The van der Waals surface area contributed by atoms with E-state index in [9.17, 15) is 9.59 Å². The number of carbonyl (C=O) groups is 2. The Kier molecular flexibility index (Phi) is 5.98. The van der Waals surface area contributed by atoms with Gasteiger partial charge in [-0.3, -0.25) is 14.5 Å². The normalized spacial score (nSPS) is 26.4. The molecule has 0 aromatic carbocycles. The first-order valence-electron chi connectivity index (χ1n) is 8.72. The number of ether oxygens (including phenoxy) is 1. The highest BCUT2D eigenvalue weighted by atomic mass is 32.1. The van der Waals surface area contributed by atoms with Gasteiger partial charge in [0.1, 0.15) is 5.51 Å². The summed E-state index contributed by atoms with van der Waals surface area (Å²) in [7, 11) is 0. The number of carbonyl (C=O) groups excluding carboxylic acids is 2. The van der Waals surface area contributed by atoms with Crippen LogP contribution in [-0.2, 0) is 14.3 Å². The zero-order chi connectivity index (χ0) is 17.8. The first kappa shape index (κ1) is 18.2.